The number of thiazole rings is 5. The molecule has 41 heteroatoms. The highest BCUT2D eigenvalue weighted by atomic mass is 32.1. The van der Waals surface area contributed by atoms with Gasteiger partial charge in [-0.2, -0.15) is 4.73 Å². The van der Waals surface area contributed by atoms with Gasteiger partial charge in [-0.3, -0.25) is 38.6 Å². The van der Waals surface area contributed by atoms with Crippen molar-refractivity contribution >= 4 is 121 Å². The normalized spacial score (nSPS) is 25.2. The van der Waals surface area contributed by atoms with Crippen LogP contribution in [0.1, 0.15) is 125 Å². The highest BCUT2D eigenvalue weighted by molar-refractivity contribution is 7.14. The number of hydrogen-bond donors (Lipinski definition) is 8. The fourth-order valence-electron chi connectivity index (χ4n) is 14.0. The first-order valence-corrected chi connectivity index (χ1v) is 39.3. The SMILES string of the molecule is COCCOCC1OC2(C)CC(OC3C(=O)OCc4cccc5c4c4c(n5O)C(=O)OCC5NC(=O)c6csc(n6)C(NC(=O)c6csc(n6)/C(=C(/C)OC)NC(=O)C(C(C)O)NC(=O)c6csc(n6)-c6cc(OC)c(-c7nc(C(=O)NC(CN8CCOCC8)C(N)=O)cs7)nc6-c6csc5n6)C3OC4)OC(C)C2N1C. The van der Waals surface area contributed by atoms with Crippen LogP contribution in [0.3, 0.4) is 0 Å². The summed E-state index contributed by atoms with van der Waals surface area (Å²) in [6.45, 7) is 7.65. The van der Waals surface area contributed by atoms with Crippen LogP contribution in [-0.4, -0.2) is 250 Å². The Labute approximate surface area is 652 Å². The molecule has 6 amide bonds. The number of benzene rings is 1. The minimum Gasteiger partial charge on any atom is -0.499 e. The zero-order chi connectivity index (χ0) is 78.3. The standard InChI is InChI=1S/C70H77N15O21S5/c1-30(86)48-62(92)81-49(31(2)97-7)65-76-42(29-109-65)61(91)82-52-54-55(105-46-19-70(4)56(32(3)104-46)83(5)45(106-70)24-100-17-16-96-6)69(94)102-21-33-10-9-11-43-47(33)35(22-101-54)53(85(43)95)68(93)103-23-37(73-59(89)40-28-111-67(52)78-40)64-74-38(25-108-64)50-34(63-75-41(26-107-63)60(90)80-48)18-44(98-8)51(79-50)66-77-39(27-110-66)58(88)72-36(57(71)87)20-84-12-14-99-15-13-84/h9-11,18,25-30,32,36-37,45-46,48,52,54-56,86,95H,12-17,19-24H2,1-8H3,(H2,71,87)(H,72,88)(H,73,89)(H,80,90)(H,81,92)(H,82,91)/b49-31+. The summed E-state index contributed by atoms with van der Waals surface area (Å²) in [5, 5.41) is 45.3. The van der Waals surface area contributed by atoms with Gasteiger partial charge in [0.2, 0.25) is 11.8 Å². The second kappa shape index (κ2) is 33.1. The number of esters is 2. The monoisotopic (exact) mass is 1620 g/mol. The predicted molar refractivity (Wildman–Crippen MR) is 396 cm³/mol. The smallest absolute Gasteiger partial charge is 0.358 e. The van der Waals surface area contributed by atoms with Gasteiger partial charge in [-0.25, -0.2) is 39.5 Å². The summed E-state index contributed by atoms with van der Waals surface area (Å²) in [4.78, 5) is 150. The lowest BCUT2D eigenvalue weighted by Crippen LogP contribution is -2.59. The molecule has 0 spiro atoms. The maximum absolute atomic E-state index is 15.4. The number of carbonyl (C=O) groups is 8. The molecular formula is C70H77N15O21S5. The van der Waals surface area contributed by atoms with Crippen molar-refractivity contribution in [3.05, 3.63) is 112 Å². The Morgan fingerprint density at radius 3 is 2.28 bits per heavy atom. The van der Waals surface area contributed by atoms with Crippen molar-refractivity contribution < 1.29 is 101 Å². The van der Waals surface area contributed by atoms with Crippen LogP contribution in [0.25, 0.3) is 49.3 Å². The number of hydrogen-bond acceptors (Lipinski definition) is 34. The number of morpholine rings is 1. The van der Waals surface area contributed by atoms with E-state index in [-0.39, 0.29) is 130 Å². The lowest BCUT2D eigenvalue weighted by atomic mass is 9.86. The number of amides is 6. The number of ether oxygens (including phenoxy) is 11. The second-order valence-electron chi connectivity index (χ2n) is 26.9. The van der Waals surface area contributed by atoms with Gasteiger partial charge >= 0.3 is 11.9 Å². The van der Waals surface area contributed by atoms with E-state index >= 15 is 19.2 Å². The van der Waals surface area contributed by atoms with Crippen molar-refractivity contribution in [3.63, 3.8) is 0 Å². The van der Waals surface area contributed by atoms with E-state index in [4.69, 9.17) is 77.8 Å². The maximum atomic E-state index is 15.4. The van der Waals surface area contributed by atoms with E-state index in [0.29, 0.717) is 49.8 Å². The van der Waals surface area contributed by atoms with Gasteiger partial charge in [-0.05, 0) is 52.4 Å². The molecule has 14 rings (SSSR count). The van der Waals surface area contributed by atoms with E-state index in [1.807, 2.05) is 30.7 Å². The van der Waals surface area contributed by atoms with Crippen molar-refractivity contribution in [2.75, 3.05) is 87.7 Å². The molecule has 12 atom stereocenters. The first-order chi connectivity index (χ1) is 53.4. The molecular weight excluding hydrogens is 1550 g/mol. The molecule has 12 unspecified atom stereocenters. The quantitative estimate of drug-likeness (QED) is 0.0295. The molecule has 13 heterocycles. The summed E-state index contributed by atoms with van der Waals surface area (Å²) in [6.07, 6.45) is -7.61. The zero-order valence-corrected chi connectivity index (χ0v) is 64.9. The third kappa shape index (κ3) is 16.1. The molecule has 0 radical (unpaired) electrons. The van der Waals surface area contributed by atoms with Crippen molar-refractivity contribution in [3.8, 4) is 38.4 Å². The third-order valence-corrected chi connectivity index (χ3v) is 24.0. The zero-order valence-electron chi connectivity index (χ0n) is 60.8. The molecule has 8 aromatic rings. The Morgan fingerprint density at radius 2 is 1.53 bits per heavy atom. The number of nitrogens with one attached hydrogen (secondary N) is 5. The Kier molecular flexibility index (Phi) is 23.3. The van der Waals surface area contributed by atoms with Gasteiger partial charge in [0.05, 0.1) is 83.2 Å². The Hall–Kier alpha value is -9.44. The van der Waals surface area contributed by atoms with E-state index in [0.717, 1.165) is 56.7 Å². The summed E-state index contributed by atoms with van der Waals surface area (Å²) >= 11 is 4.79. The molecule has 36 nitrogen and oxygen atoms in total. The summed E-state index contributed by atoms with van der Waals surface area (Å²) < 4.78 is 68.5. The average Bonchev–Trinajstić information content (AvgIpc) is 1.60. The number of aromatic nitrogens is 7. The number of methoxy groups -OCH3 is 3. The summed E-state index contributed by atoms with van der Waals surface area (Å²) in [5.74, 6) is -7.08. The number of carbonyl (C=O) groups excluding carboxylic acids is 8. The molecule has 588 valence electrons. The van der Waals surface area contributed by atoms with Gasteiger partial charge in [0.1, 0.15) is 132 Å². The molecule has 9 N–H and O–H groups in total. The number of nitrogens with zero attached hydrogens (tertiary/aromatic N) is 9. The highest BCUT2D eigenvalue weighted by Crippen LogP contribution is 2.46. The number of nitrogens with two attached hydrogens (primary N) is 1. The van der Waals surface area contributed by atoms with Crippen LogP contribution in [0.15, 0.2) is 56.9 Å². The van der Waals surface area contributed by atoms with Crippen molar-refractivity contribution in [1.82, 2.24) is 71.0 Å². The van der Waals surface area contributed by atoms with Gasteiger partial charge in [0, 0.05) is 76.6 Å². The maximum Gasteiger partial charge on any atom is 0.358 e. The van der Waals surface area contributed by atoms with Crippen LogP contribution in [0.2, 0.25) is 0 Å². The van der Waals surface area contributed by atoms with Crippen LogP contribution >= 0.6 is 56.7 Å². The molecule has 6 aliphatic heterocycles. The molecule has 7 aromatic heterocycles. The first-order valence-electron chi connectivity index (χ1n) is 34.9. The van der Waals surface area contributed by atoms with Gasteiger partial charge < -0.3 is 94.7 Å². The van der Waals surface area contributed by atoms with E-state index < -0.39 is 140 Å². The number of pyridine rings is 1. The number of aliphatic hydroxyl groups excluding tert-OH is 1. The Morgan fingerprint density at radius 1 is 0.829 bits per heavy atom. The number of allylic oxidation sites excluding steroid dienone is 1. The van der Waals surface area contributed by atoms with E-state index in [1.165, 1.54) is 55.7 Å². The lowest BCUT2D eigenvalue weighted by molar-refractivity contribution is -0.269. The number of cyclic esters (lactones) is 2. The summed E-state index contributed by atoms with van der Waals surface area (Å²) in [6, 6.07) is 0.198. The molecule has 12 bridgehead atoms. The molecule has 6 aliphatic rings. The predicted octanol–water partition coefficient (Wildman–Crippen LogP) is 3.78. The van der Waals surface area contributed by atoms with Crippen LogP contribution in [-0.2, 0) is 75.0 Å². The fourth-order valence-corrected chi connectivity index (χ4v) is 18.2. The Bertz CT molecular complexity index is 4930. The number of primary amides is 1. The first kappa shape index (κ1) is 78.3. The average molecular weight is 1620 g/mol. The van der Waals surface area contributed by atoms with Crippen LogP contribution in [0.4, 0.5) is 0 Å². The van der Waals surface area contributed by atoms with Crippen LogP contribution in [0, 0.1) is 0 Å². The summed E-state index contributed by atoms with van der Waals surface area (Å²) in [7, 11) is 6.15. The van der Waals surface area contributed by atoms with Gasteiger partial charge in [-0.15, -0.1) is 56.7 Å². The topological polar surface area (TPSA) is 453 Å². The van der Waals surface area contributed by atoms with Crippen LogP contribution < -0.4 is 37.1 Å². The highest BCUT2D eigenvalue weighted by Gasteiger charge is 2.57. The van der Waals surface area contributed by atoms with Crippen molar-refractivity contribution in [1.29, 1.82) is 0 Å². The van der Waals surface area contributed by atoms with Gasteiger partial charge in [0.15, 0.2) is 18.1 Å². The number of rotatable bonds is 16. The minimum absolute atomic E-state index is 0.000147. The van der Waals surface area contributed by atoms with E-state index in [9.17, 15) is 29.5 Å². The van der Waals surface area contributed by atoms with Crippen LogP contribution in [0.5, 0.6) is 5.75 Å². The molecule has 0 saturated carbocycles. The van der Waals surface area contributed by atoms with Gasteiger partial charge in [-0.1, -0.05) is 12.1 Å². The third-order valence-electron chi connectivity index (χ3n) is 19.6. The Balaban J connectivity index is 0.902. The minimum atomic E-state index is -1.89. The molecule has 111 heavy (non-hydrogen) atoms. The molecule has 3 saturated heterocycles. The van der Waals surface area contributed by atoms with E-state index in [1.54, 1.807) is 30.7 Å². The number of fused-ring (bicyclic) bond motifs is 16. The summed E-state index contributed by atoms with van der Waals surface area (Å²) in [5.41, 5.74) is 4.38. The number of aliphatic hydroxyl groups is 1. The largest absolute Gasteiger partial charge is 0.499 e. The van der Waals surface area contributed by atoms with Gasteiger partial charge in [0.25, 0.3) is 23.6 Å². The van der Waals surface area contributed by atoms with E-state index in [2.05, 4.69) is 36.6 Å². The lowest BCUT2D eigenvalue weighted by Gasteiger charge is -2.45. The fraction of sp³-hybridized carbons (Fsp3) is 0.457. The number of likely N-dealkylation sites (N-methyl/N-ethyl adjacent to an activating group) is 1. The molecule has 3 fully saturated rings. The van der Waals surface area contributed by atoms with Crippen molar-refractivity contribution in [2.24, 2.45) is 5.73 Å². The molecule has 1 aromatic carbocycles. The second-order valence-corrected chi connectivity index (χ2v) is 31.2. The van der Waals surface area contributed by atoms with Crippen molar-refractivity contribution in [2.45, 2.75) is 120 Å². The molecule has 0 aliphatic carbocycles.